The number of ether oxygens (including phenoxy) is 2. The highest BCUT2D eigenvalue weighted by atomic mass is 19.4. The number of benzene rings is 4. The number of rotatable bonds is 10. The molecule has 0 saturated heterocycles. The second kappa shape index (κ2) is 11.6. The van der Waals surface area contributed by atoms with E-state index in [0.29, 0.717) is 54.6 Å². The van der Waals surface area contributed by atoms with Gasteiger partial charge in [-0.25, -0.2) is 8.78 Å². The standard InChI is InChI=1S/C30H27F5O2/c1-2-36-26-15-12-22(28(31)18-26)8-4-21-7-16-27-24(17-21)11-10-23(29(27)32)9-3-20-5-13-25(14-6-20)37-19-30(33,34)35/h5-7,10-18H,2-4,8-9,19H2,1H3. The van der Waals surface area contributed by atoms with E-state index in [1.807, 2.05) is 25.1 Å². The SMILES string of the molecule is CCOc1ccc(CCc2ccc3c(F)c(CCc4ccc(OCC(F)(F)F)cc4)ccc3c2)c(F)c1. The summed E-state index contributed by atoms with van der Waals surface area (Å²) in [6.45, 7) is 0.985. The molecule has 37 heavy (non-hydrogen) atoms. The maximum atomic E-state index is 15.2. The minimum atomic E-state index is -4.39. The first-order valence-corrected chi connectivity index (χ1v) is 12.1. The molecule has 7 heteroatoms. The fourth-order valence-corrected chi connectivity index (χ4v) is 4.20. The van der Waals surface area contributed by atoms with Crippen LogP contribution in [0.25, 0.3) is 10.8 Å². The molecule has 0 heterocycles. The van der Waals surface area contributed by atoms with Crippen LogP contribution in [0.4, 0.5) is 22.0 Å². The number of aryl methyl sites for hydroxylation is 4. The fourth-order valence-electron chi connectivity index (χ4n) is 4.20. The smallest absolute Gasteiger partial charge is 0.422 e. The van der Waals surface area contributed by atoms with E-state index in [4.69, 9.17) is 9.47 Å². The lowest BCUT2D eigenvalue weighted by Gasteiger charge is -2.11. The first-order chi connectivity index (χ1) is 17.7. The molecule has 0 radical (unpaired) electrons. The van der Waals surface area contributed by atoms with Crippen molar-refractivity contribution in [3.63, 3.8) is 0 Å². The van der Waals surface area contributed by atoms with Crippen molar-refractivity contribution < 1.29 is 31.4 Å². The van der Waals surface area contributed by atoms with Crippen LogP contribution in [0.5, 0.6) is 11.5 Å². The number of alkyl halides is 3. The van der Waals surface area contributed by atoms with Crippen LogP contribution in [0.15, 0.2) is 72.8 Å². The molecule has 194 valence electrons. The lowest BCUT2D eigenvalue weighted by Crippen LogP contribution is -2.19. The second-order valence-corrected chi connectivity index (χ2v) is 8.83. The van der Waals surface area contributed by atoms with Gasteiger partial charge in [0.05, 0.1) is 6.61 Å². The van der Waals surface area contributed by atoms with Gasteiger partial charge in [-0.3, -0.25) is 0 Å². The Balaban J connectivity index is 1.38. The van der Waals surface area contributed by atoms with Crippen LogP contribution >= 0.6 is 0 Å². The molecule has 0 N–H and O–H groups in total. The monoisotopic (exact) mass is 514 g/mol. The zero-order valence-corrected chi connectivity index (χ0v) is 20.4. The predicted octanol–water partition coefficient (Wildman–Crippen LogP) is 8.03. The molecule has 0 bridgehead atoms. The Kier molecular flexibility index (Phi) is 8.31. The van der Waals surface area contributed by atoms with Gasteiger partial charge in [-0.05, 0) is 78.4 Å². The molecular weight excluding hydrogens is 487 g/mol. The zero-order valence-electron chi connectivity index (χ0n) is 20.4. The molecule has 0 amide bonds. The lowest BCUT2D eigenvalue weighted by atomic mass is 9.97. The molecule has 0 saturated carbocycles. The fraction of sp³-hybridized carbons (Fsp3) is 0.267. The Labute approximate surface area is 212 Å². The van der Waals surface area contributed by atoms with Gasteiger partial charge in [0.25, 0.3) is 0 Å². The summed E-state index contributed by atoms with van der Waals surface area (Å²) in [5, 5.41) is 1.29. The Morgan fingerprint density at radius 1 is 0.649 bits per heavy atom. The number of halogens is 5. The lowest BCUT2D eigenvalue weighted by molar-refractivity contribution is -0.153. The van der Waals surface area contributed by atoms with Gasteiger partial charge in [0, 0.05) is 11.5 Å². The zero-order chi connectivity index (χ0) is 26.4. The van der Waals surface area contributed by atoms with Gasteiger partial charge in [0.1, 0.15) is 23.1 Å². The van der Waals surface area contributed by atoms with E-state index in [1.54, 1.807) is 36.4 Å². The van der Waals surface area contributed by atoms with Crippen LogP contribution in [0.2, 0.25) is 0 Å². The van der Waals surface area contributed by atoms with Crippen molar-refractivity contribution in [2.45, 2.75) is 38.8 Å². The van der Waals surface area contributed by atoms with Gasteiger partial charge < -0.3 is 9.47 Å². The van der Waals surface area contributed by atoms with E-state index in [-0.39, 0.29) is 17.4 Å². The Bertz CT molecular complexity index is 1350. The van der Waals surface area contributed by atoms with Gasteiger partial charge in [-0.1, -0.05) is 48.5 Å². The molecular formula is C30H27F5O2. The van der Waals surface area contributed by atoms with Crippen molar-refractivity contribution >= 4 is 10.8 Å². The van der Waals surface area contributed by atoms with E-state index in [9.17, 15) is 17.6 Å². The van der Waals surface area contributed by atoms with Crippen LogP contribution in [0.3, 0.4) is 0 Å². The molecule has 0 fully saturated rings. The third-order valence-electron chi connectivity index (χ3n) is 6.13. The largest absolute Gasteiger partial charge is 0.494 e. The van der Waals surface area contributed by atoms with Crippen molar-refractivity contribution in [1.82, 2.24) is 0 Å². The third kappa shape index (κ3) is 7.21. The van der Waals surface area contributed by atoms with Gasteiger partial charge in [-0.15, -0.1) is 0 Å². The highest BCUT2D eigenvalue weighted by molar-refractivity contribution is 5.84. The Hall–Kier alpha value is -3.61. The Morgan fingerprint density at radius 3 is 2.00 bits per heavy atom. The van der Waals surface area contributed by atoms with Gasteiger partial charge in [-0.2, -0.15) is 13.2 Å². The number of fused-ring (bicyclic) bond motifs is 1. The third-order valence-corrected chi connectivity index (χ3v) is 6.13. The van der Waals surface area contributed by atoms with E-state index in [2.05, 4.69) is 0 Å². The summed E-state index contributed by atoms with van der Waals surface area (Å²) < 4.78 is 76.4. The second-order valence-electron chi connectivity index (χ2n) is 8.83. The first kappa shape index (κ1) is 26.5. The molecule has 4 rings (SSSR count). The normalized spacial score (nSPS) is 11.6. The average molecular weight is 515 g/mol. The van der Waals surface area contributed by atoms with Crippen LogP contribution in [-0.4, -0.2) is 19.4 Å². The van der Waals surface area contributed by atoms with Crippen LogP contribution in [-0.2, 0) is 25.7 Å². The average Bonchev–Trinajstić information content (AvgIpc) is 2.87. The van der Waals surface area contributed by atoms with E-state index in [1.165, 1.54) is 18.2 Å². The maximum Gasteiger partial charge on any atom is 0.422 e. The van der Waals surface area contributed by atoms with Crippen molar-refractivity contribution in [1.29, 1.82) is 0 Å². The van der Waals surface area contributed by atoms with Crippen molar-refractivity contribution in [3.05, 3.63) is 107 Å². The van der Waals surface area contributed by atoms with Gasteiger partial charge in [0.15, 0.2) is 6.61 Å². The van der Waals surface area contributed by atoms with Crippen LogP contribution in [0.1, 0.15) is 29.2 Å². The summed E-state index contributed by atoms with van der Waals surface area (Å²) in [6.07, 6.45) is -2.27. The van der Waals surface area contributed by atoms with Crippen molar-refractivity contribution in [3.8, 4) is 11.5 Å². The van der Waals surface area contributed by atoms with Crippen molar-refractivity contribution in [2.75, 3.05) is 13.2 Å². The summed E-state index contributed by atoms with van der Waals surface area (Å²) >= 11 is 0. The molecule has 0 aromatic heterocycles. The summed E-state index contributed by atoms with van der Waals surface area (Å²) in [4.78, 5) is 0. The summed E-state index contributed by atoms with van der Waals surface area (Å²) in [7, 11) is 0. The predicted molar refractivity (Wildman–Crippen MR) is 134 cm³/mol. The van der Waals surface area contributed by atoms with Gasteiger partial charge in [0.2, 0.25) is 0 Å². The molecule has 0 spiro atoms. The molecule has 0 aliphatic heterocycles. The minimum Gasteiger partial charge on any atom is -0.494 e. The first-order valence-electron chi connectivity index (χ1n) is 12.1. The highest BCUT2D eigenvalue weighted by Gasteiger charge is 2.28. The van der Waals surface area contributed by atoms with E-state index < -0.39 is 12.8 Å². The van der Waals surface area contributed by atoms with Gasteiger partial charge >= 0.3 is 6.18 Å². The molecule has 4 aromatic rings. The number of hydrogen-bond acceptors (Lipinski definition) is 2. The molecule has 0 aliphatic rings. The van der Waals surface area contributed by atoms with Crippen LogP contribution < -0.4 is 9.47 Å². The molecule has 0 unspecified atom stereocenters. The highest BCUT2D eigenvalue weighted by Crippen LogP contribution is 2.26. The molecule has 0 aliphatic carbocycles. The van der Waals surface area contributed by atoms with Crippen LogP contribution in [0, 0.1) is 11.6 Å². The van der Waals surface area contributed by atoms with Crippen molar-refractivity contribution in [2.24, 2.45) is 0 Å². The molecule has 4 aromatic carbocycles. The Morgan fingerprint density at radius 2 is 1.30 bits per heavy atom. The summed E-state index contributed by atoms with van der Waals surface area (Å²) in [5.74, 6) is 0.0596. The maximum absolute atomic E-state index is 15.2. The summed E-state index contributed by atoms with van der Waals surface area (Å²) in [5.41, 5.74) is 3.02. The quantitative estimate of drug-likeness (QED) is 0.200. The van der Waals surface area contributed by atoms with E-state index in [0.717, 1.165) is 16.5 Å². The minimum absolute atomic E-state index is 0.138. The number of hydrogen-bond donors (Lipinski definition) is 0. The summed E-state index contributed by atoms with van der Waals surface area (Å²) in [6, 6.07) is 20.4. The topological polar surface area (TPSA) is 18.5 Å². The molecule has 0 atom stereocenters. The van der Waals surface area contributed by atoms with E-state index >= 15 is 4.39 Å². The molecule has 2 nitrogen and oxygen atoms in total.